The van der Waals surface area contributed by atoms with E-state index in [0.29, 0.717) is 0 Å². The van der Waals surface area contributed by atoms with E-state index in [1.807, 2.05) is 12.1 Å². The highest BCUT2D eigenvalue weighted by atomic mass is 16.3. The Morgan fingerprint density at radius 2 is 1.04 bits per heavy atom. The van der Waals surface area contributed by atoms with E-state index in [9.17, 15) is 0 Å². The van der Waals surface area contributed by atoms with Crippen molar-refractivity contribution < 1.29 is 8.83 Å². The second kappa shape index (κ2) is 11.3. The van der Waals surface area contributed by atoms with Gasteiger partial charge in [0.25, 0.3) is 0 Å². The third-order valence-electron chi connectivity index (χ3n) is 11.4. The van der Waals surface area contributed by atoms with E-state index in [1.54, 1.807) is 0 Å². The molecule has 0 saturated heterocycles. The maximum Gasteiger partial charge on any atom is 0.159 e. The molecule has 10 aromatic rings. The third kappa shape index (κ3) is 4.41. The van der Waals surface area contributed by atoms with E-state index in [0.717, 1.165) is 60.9 Å². The van der Waals surface area contributed by atoms with Gasteiger partial charge in [0, 0.05) is 38.3 Å². The van der Waals surface area contributed by atoms with Crippen LogP contribution in [0.1, 0.15) is 23.6 Å². The molecule has 0 bridgehead atoms. The molecule has 0 fully saturated rings. The first-order valence-corrected chi connectivity index (χ1v) is 18.2. The molecule has 3 heteroatoms. The van der Waals surface area contributed by atoms with Crippen LogP contribution in [0.25, 0.3) is 66.1 Å². The van der Waals surface area contributed by atoms with E-state index >= 15 is 0 Å². The lowest BCUT2D eigenvalue weighted by atomic mass is 9.74. The lowest BCUT2D eigenvalue weighted by molar-refractivity contribution is 0.662. The van der Waals surface area contributed by atoms with Crippen molar-refractivity contribution in [2.75, 3.05) is 4.90 Å². The van der Waals surface area contributed by atoms with E-state index in [4.69, 9.17) is 8.83 Å². The van der Waals surface area contributed by atoms with Crippen LogP contribution in [0.4, 0.5) is 17.1 Å². The van der Waals surface area contributed by atoms with Gasteiger partial charge in [-0.2, -0.15) is 0 Å². The van der Waals surface area contributed by atoms with Gasteiger partial charge in [-0.05, 0) is 94.4 Å². The molecule has 0 aliphatic heterocycles. The summed E-state index contributed by atoms with van der Waals surface area (Å²) in [6, 6.07) is 64.9. The Morgan fingerprint density at radius 3 is 1.83 bits per heavy atom. The highest BCUT2D eigenvalue weighted by Gasteiger charge is 2.40. The second-order valence-corrected chi connectivity index (χ2v) is 14.2. The van der Waals surface area contributed by atoms with E-state index in [2.05, 4.69) is 182 Å². The van der Waals surface area contributed by atoms with Crippen LogP contribution in [0.15, 0.2) is 191 Å². The molecule has 8 aromatic carbocycles. The highest BCUT2D eigenvalue weighted by Crippen LogP contribution is 2.53. The lowest BCUT2D eigenvalue weighted by Gasteiger charge is -2.28. The van der Waals surface area contributed by atoms with Gasteiger partial charge in [-0.1, -0.05) is 133 Å². The molecule has 250 valence electrons. The van der Waals surface area contributed by atoms with Crippen LogP contribution < -0.4 is 4.90 Å². The Bertz CT molecular complexity index is 2980. The van der Waals surface area contributed by atoms with Gasteiger partial charge in [-0.3, -0.25) is 0 Å². The fraction of sp³-hybridized carbons (Fsp3) is 0.0400. The second-order valence-electron chi connectivity index (χ2n) is 14.2. The Kier molecular flexibility index (Phi) is 6.38. The van der Waals surface area contributed by atoms with Gasteiger partial charge in [-0.15, -0.1) is 0 Å². The number of nitrogens with zero attached hydrogens (tertiary/aromatic N) is 1. The molecule has 2 aromatic heterocycles. The van der Waals surface area contributed by atoms with Gasteiger partial charge in [0.2, 0.25) is 0 Å². The number of rotatable bonds is 5. The van der Waals surface area contributed by atoms with Crippen LogP contribution >= 0.6 is 0 Å². The molecule has 0 spiro atoms. The van der Waals surface area contributed by atoms with E-state index in [1.165, 1.54) is 38.9 Å². The van der Waals surface area contributed by atoms with Gasteiger partial charge in [0.15, 0.2) is 5.58 Å². The van der Waals surface area contributed by atoms with Crippen molar-refractivity contribution in [3.63, 3.8) is 0 Å². The Hall–Kier alpha value is -6.84. The summed E-state index contributed by atoms with van der Waals surface area (Å²) in [7, 11) is 0. The van der Waals surface area contributed by atoms with Crippen molar-refractivity contribution in [2.24, 2.45) is 0 Å². The molecule has 0 N–H and O–H groups in total. The average Bonchev–Trinajstić information content (AvgIpc) is 3.87. The Labute approximate surface area is 307 Å². The smallest absolute Gasteiger partial charge is 0.159 e. The van der Waals surface area contributed by atoms with Crippen molar-refractivity contribution in [1.82, 2.24) is 0 Å². The maximum atomic E-state index is 6.66. The summed E-state index contributed by atoms with van der Waals surface area (Å²) in [5, 5.41) is 4.37. The predicted molar refractivity (Wildman–Crippen MR) is 219 cm³/mol. The zero-order valence-electron chi connectivity index (χ0n) is 29.1. The van der Waals surface area contributed by atoms with Crippen molar-refractivity contribution in [2.45, 2.75) is 12.3 Å². The normalized spacial score (nSPS) is 13.2. The summed E-state index contributed by atoms with van der Waals surface area (Å²) in [6.45, 7) is 2.35. The molecule has 0 atom stereocenters. The van der Waals surface area contributed by atoms with E-state index in [-0.39, 0.29) is 5.41 Å². The third-order valence-corrected chi connectivity index (χ3v) is 11.4. The quantitative estimate of drug-likeness (QED) is 0.181. The first kappa shape index (κ1) is 29.8. The zero-order chi connectivity index (χ0) is 35.1. The molecule has 0 radical (unpaired) electrons. The minimum atomic E-state index is -0.292. The van der Waals surface area contributed by atoms with Gasteiger partial charge in [0.1, 0.15) is 16.7 Å². The summed E-state index contributed by atoms with van der Waals surface area (Å²) in [5.41, 5.74) is 15.1. The van der Waals surface area contributed by atoms with Crippen molar-refractivity contribution in [3.8, 4) is 22.3 Å². The summed E-state index contributed by atoms with van der Waals surface area (Å²) < 4.78 is 13.3. The SMILES string of the molecule is CC1(c2ccc3c(c2)oc2ccc(N(c4ccc(-c5ccccc5)cc4)c4cccc5c4oc4ccccc45)cc23)c2ccccc2-c2ccccc21. The summed E-state index contributed by atoms with van der Waals surface area (Å²) in [6.07, 6.45) is 0. The van der Waals surface area contributed by atoms with E-state index < -0.39 is 0 Å². The summed E-state index contributed by atoms with van der Waals surface area (Å²) in [4.78, 5) is 2.31. The van der Waals surface area contributed by atoms with Gasteiger partial charge in [0.05, 0.1) is 5.69 Å². The van der Waals surface area contributed by atoms with Crippen molar-refractivity contribution in [3.05, 3.63) is 199 Å². The predicted octanol–water partition coefficient (Wildman–Crippen LogP) is 14.0. The molecular weight excluding hydrogens is 647 g/mol. The van der Waals surface area contributed by atoms with Crippen LogP contribution in [0, 0.1) is 0 Å². The minimum Gasteiger partial charge on any atom is -0.456 e. The molecule has 2 heterocycles. The monoisotopic (exact) mass is 679 g/mol. The standard InChI is InChI=1S/C50H33NO2/c1-50(43-18-8-5-14-37(43)38-15-6-9-19-44(38)50)34-24-28-40-42-31-36(27-29-47(42)52-48(40)30-34)51(35-25-22-33(23-26-35)32-12-3-2-4-13-32)45-20-11-17-41-39-16-7-10-21-46(39)53-49(41)45/h2-31H,1H3. The molecular formula is C50H33NO2. The fourth-order valence-corrected chi connectivity index (χ4v) is 8.75. The largest absolute Gasteiger partial charge is 0.456 e. The molecule has 53 heavy (non-hydrogen) atoms. The number of hydrogen-bond acceptors (Lipinski definition) is 3. The van der Waals surface area contributed by atoms with Crippen LogP contribution in [-0.4, -0.2) is 0 Å². The topological polar surface area (TPSA) is 29.5 Å². The number of furan rings is 2. The Morgan fingerprint density at radius 1 is 0.415 bits per heavy atom. The fourth-order valence-electron chi connectivity index (χ4n) is 8.75. The molecule has 11 rings (SSSR count). The average molecular weight is 680 g/mol. The Balaban J connectivity index is 1.08. The zero-order valence-corrected chi connectivity index (χ0v) is 29.1. The molecule has 1 aliphatic carbocycles. The highest BCUT2D eigenvalue weighted by molar-refractivity contribution is 6.11. The first-order valence-electron chi connectivity index (χ1n) is 18.2. The van der Waals surface area contributed by atoms with Crippen molar-refractivity contribution in [1.29, 1.82) is 0 Å². The molecule has 1 aliphatic rings. The molecule has 0 unspecified atom stereocenters. The van der Waals surface area contributed by atoms with Crippen LogP contribution in [0.3, 0.4) is 0 Å². The van der Waals surface area contributed by atoms with Crippen LogP contribution in [0.2, 0.25) is 0 Å². The number of hydrogen-bond donors (Lipinski definition) is 0. The summed E-state index contributed by atoms with van der Waals surface area (Å²) >= 11 is 0. The number of para-hydroxylation sites is 2. The number of anilines is 3. The molecule has 0 amide bonds. The van der Waals surface area contributed by atoms with Gasteiger partial charge < -0.3 is 13.7 Å². The molecule has 0 saturated carbocycles. The van der Waals surface area contributed by atoms with Crippen LogP contribution in [0.5, 0.6) is 0 Å². The van der Waals surface area contributed by atoms with Gasteiger partial charge >= 0.3 is 0 Å². The first-order chi connectivity index (χ1) is 26.1. The summed E-state index contributed by atoms with van der Waals surface area (Å²) in [5.74, 6) is 0. The minimum absolute atomic E-state index is 0.292. The number of benzene rings is 8. The van der Waals surface area contributed by atoms with Gasteiger partial charge in [-0.25, -0.2) is 0 Å². The molecule has 3 nitrogen and oxygen atoms in total. The lowest BCUT2D eigenvalue weighted by Crippen LogP contribution is -2.22. The number of fused-ring (bicyclic) bond motifs is 9. The van der Waals surface area contributed by atoms with Crippen molar-refractivity contribution >= 4 is 60.9 Å². The van der Waals surface area contributed by atoms with Crippen LogP contribution in [-0.2, 0) is 5.41 Å². The maximum absolute atomic E-state index is 6.66.